The second-order valence-electron chi connectivity index (χ2n) is 1.38. The van der Waals surface area contributed by atoms with Crippen LogP contribution in [0.2, 0.25) is 0 Å². The van der Waals surface area contributed by atoms with Crippen LogP contribution in [0.1, 0.15) is 6.92 Å². The molecular formula is C3H6NO4S-. The van der Waals surface area contributed by atoms with Gasteiger partial charge in [-0.25, -0.2) is 5.48 Å². The first-order valence-electron chi connectivity index (χ1n) is 2.11. The Labute approximate surface area is 54.3 Å². The molecule has 2 unspecified atom stereocenters. The van der Waals surface area contributed by atoms with Crippen LogP contribution in [0.4, 0.5) is 0 Å². The summed E-state index contributed by atoms with van der Waals surface area (Å²) < 4.78 is 19.9. The predicted octanol–water partition coefficient (Wildman–Crippen LogP) is -1.24. The lowest BCUT2D eigenvalue weighted by Gasteiger charge is -2.10. The van der Waals surface area contributed by atoms with Gasteiger partial charge in [-0.2, -0.15) is 0 Å². The number of carbonyl (C=O) groups is 1. The summed E-state index contributed by atoms with van der Waals surface area (Å²) in [4.78, 5) is 10.2. The highest BCUT2D eigenvalue weighted by Gasteiger charge is 2.10. The van der Waals surface area contributed by atoms with Gasteiger partial charge in [0.25, 0.3) is 5.91 Å². The van der Waals surface area contributed by atoms with Crippen LogP contribution in [-0.2, 0) is 15.9 Å². The summed E-state index contributed by atoms with van der Waals surface area (Å²) >= 11 is -2.46. The summed E-state index contributed by atoms with van der Waals surface area (Å²) in [6.45, 7) is 1.16. The monoisotopic (exact) mass is 152 g/mol. The molecule has 5 nitrogen and oxygen atoms in total. The lowest BCUT2D eigenvalue weighted by Crippen LogP contribution is -2.32. The minimum absolute atomic E-state index is 0.927. The van der Waals surface area contributed by atoms with Crippen LogP contribution in [-0.4, -0.2) is 25.1 Å². The summed E-state index contributed by atoms with van der Waals surface area (Å²) in [7, 11) is 0. The van der Waals surface area contributed by atoms with E-state index < -0.39 is 22.2 Å². The molecular weight excluding hydrogens is 146 g/mol. The molecule has 0 spiro atoms. The topological polar surface area (TPSA) is 89.5 Å². The largest absolute Gasteiger partial charge is 0.772 e. The van der Waals surface area contributed by atoms with Crippen molar-refractivity contribution in [3.05, 3.63) is 0 Å². The molecule has 0 aromatic heterocycles. The molecule has 2 N–H and O–H groups in total. The zero-order valence-corrected chi connectivity index (χ0v) is 5.47. The van der Waals surface area contributed by atoms with E-state index >= 15 is 0 Å². The summed E-state index contributed by atoms with van der Waals surface area (Å²) in [5.41, 5.74) is 1.21. The van der Waals surface area contributed by atoms with Crippen molar-refractivity contribution in [1.29, 1.82) is 0 Å². The van der Waals surface area contributed by atoms with E-state index in [1.165, 1.54) is 5.48 Å². The van der Waals surface area contributed by atoms with Gasteiger partial charge in [0.15, 0.2) is 0 Å². The van der Waals surface area contributed by atoms with Crippen LogP contribution in [0.5, 0.6) is 0 Å². The fourth-order valence-corrected chi connectivity index (χ4v) is 0.406. The quantitative estimate of drug-likeness (QED) is 0.294. The number of rotatable bonds is 2. The van der Waals surface area contributed by atoms with Crippen molar-refractivity contribution in [2.24, 2.45) is 0 Å². The van der Waals surface area contributed by atoms with Crippen LogP contribution >= 0.6 is 0 Å². The van der Waals surface area contributed by atoms with Gasteiger partial charge < -0.3 is 4.55 Å². The highest BCUT2D eigenvalue weighted by atomic mass is 32.2. The lowest BCUT2D eigenvalue weighted by atomic mass is 10.5. The molecule has 6 heteroatoms. The Balaban J connectivity index is 3.88. The van der Waals surface area contributed by atoms with Gasteiger partial charge >= 0.3 is 0 Å². The van der Waals surface area contributed by atoms with Gasteiger partial charge in [0.2, 0.25) is 0 Å². The van der Waals surface area contributed by atoms with Crippen LogP contribution in [0, 0.1) is 0 Å². The van der Waals surface area contributed by atoms with Gasteiger partial charge in [0.1, 0.15) is 0 Å². The molecule has 0 saturated carbocycles. The van der Waals surface area contributed by atoms with Crippen molar-refractivity contribution in [1.82, 2.24) is 5.48 Å². The fourth-order valence-electron chi connectivity index (χ4n) is 0.178. The van der Waals surface area contributed by atoms with Crippen molar-refractivity contribution in [2.45, 2.75) is 12.2 Å². The molecule has 2 atom stereocenters. The Hall–Kier alpha value is -0.460. The highest BCUT2D eigenvalue weighted by Crippen LogP contribution is 1.89. The number of hydroxylamine groups is 1. The molecule has 0 fully saturated rings. The van der Waals surface area contributed by atoms with E-state index in [0.29, 0.717) is 0 Å². The van der Waals surface area contributed by atoms with Crippen LogP contribution in [0.15, 0.2) is 0 Å². The van der Waals surface area contributed by atoms with Gasteiger partial charge in [0, 0.05) is 0 Å². The van der Waals surface area contributed by atoms with E-state index in [2.05, 4.69) is 0 Å². The van der Waals surface area contributed by atoms with Crippen molar-refractivity contribution < 1.29 is 18.8 Å². The molecule has 0 aliphatic heterocycles. The van der Waals surface area contributed by atoms with E-state index in [-0.39, 0.29) is 0 Å². The number of carbonyl (C=O) groups excluding carboxylic acids is 1. The minimum Gasteiger partial charge on any atom is -0.772 e. The number of nitrogens with one attached hydrogen (secondary N) is 1. The van der Waals surface area contributed by atoms with Crippen molar-refractivity contribution >= 4 is 17.0 Å². The number of hydrogen-bond donors (Lipinski definition) is 2. The first-order valence-corrected chi connectivity index (χ1v) is 3.25. The van der Waals surface area contributed by atoms with Crippen molar-refractivity contribution in [3.8, 4) is 0 Å². The highest BCUT2D eigenvalue weighted by molar-refractivity contribution is 7.80. The van der Waals surface area contributed by atoms with Crippen molar-refractivity contribution in [3.63, 3.8) is 0 Å². The Morgan fingerprint density at radius 1 is 1.89 bits per heavy atom. The molecule has 0 aliphatic carbocycles. The predicted molar refractivity (Wildman–Crippen MR) is 28.3 cm³/mol. The van der Waals surface area contributed by atoms with Gasteiger partial charge in [-0.15, -0.1) is 0 Å². The van der Waals surface area contributed by atoms with E-state index in [9.17, 15) is 13.6 Å². The average Bonchev–Trinajstić information content (AvgIpc) is 1.84. The zero-order valence-electron chi connectivity index (χ0n) is 4.66. The summed E-state index contributed by atoms with van der Waals surface area (Å²) in [6.07, 6.45) is 0. The third kappa shape index (κ3) is 2.54. The molecule has 0 radical (unpaired) electrons. The lowest BCUT2D eigenvalue weighted by molar-refractivity contribution is -0.128. The minimum atomic E-state index is -2.46. The molecule has 1 amide bonds. The maximum atomic E-state index is 10.2. The fraction of sp³-hybridized carbons (Fsp3) is 0.667. The summed E-state index contributed by atoms with van der Waals surface area (Å²) in [6, 6.07) is 0. The van der Waals surface area contributed by atoms with Gasteiger partial charge in [-0.05, 0) is 18.0 Å². The second kappa shape index (κ2) is 3.54. The molecule has 0 saturated heterocycles. The Bertz CT molecular complexity index is 136. The SMILES string of the molecule is CC(C(=O)NO)S(=O)[O-]. The summed E-state index contributed by atoms with van der Waals surface area (Å²) in [5, 5.41) is 6.68. The molecule has 0 aromatic rings. The molecule has 0 heterocycles. The molecule has 54 valence electrons. The van der Waals surface area contributed by atoms with E-state index in [4.69, 9.17) is 5.21 Å². The first-order chi connectivity index (χ1) is 4.09. The number of amides is 1. The molecule has 0 rings (SSSR count). The molecule has 0 aliphatic rings. The molecule has 0 aromatic carbocycles. The normalized spacial score (nSPS) is 16.3. The van der Waals surface area contributed by atoms with Crippen molar-refractivity contribution in [2.75, 3.05) is 0 Å². The Morgan fingerprint density at radius 3 is 2.44 bits per heavy atom. The smallest absolute Gasteiger partial charge is 0.257 e. The van der Waals surface area contributed by atoms with Gasteiger partial charge in [0.05, 0.1) is 5.25 Å². The third-order valence-electron chi connectivity index (χ3n) is 0.768. The van der Waals surface area contributed by atoms with Gasteiger partial charge in [-0.3, -0.25) is 14.2 Å². The molecule has 0 bridgehead atoms. The zero-order chi connectivity index (χ0) is 7.44. The van der Waals surface area contributed by atoms with Crippen LogP contribution < -0.4 is 5.48 Å². The second-order valence-corrected chi connectivity index (χ2v) is 2.61. The van der Waals surface area contributed by atoms with E-state index in [0.717, 1.165) is 6.92 Å². The van der Waals surface area contributed by atoms with E-state index in [1.807, 2.05) is 0 Å². The van der Waals surface area contributed by atoms with E-state index in [1.54, 1.807) is 0 Å². The van der Waals surface area contributed by atoms with Crippen LogP contribution in [0.3, 0.4) is 0 Å². The Morgan fingerprint density at radius 2 is 2.33 bits per heavy atom. The standard InChI is InChI=1S/C3H7NO4S/c1-2(9(7)8)3(5)4-6/h2,6H,1H3,(H,4,5)(H,7,8)/p-1. The van der Waals surface area contributed by atoms with Gasteiger partial charge in [-0.1, -0.05) is 0 Å². The van der Waals surface area contributed by atoms with Crippen LogP contribution in [0.25, 0.3) is 0 Å². The maximum absolute atomic E-state index is 10.2. The first kappa shape index (κ1) is 8.54. The number of hydrogen-bond acceptors (Lipinski definition) is 4. The maximum Gasteiger partial charge on any atom is 0.257 e. The summed E-state index contributed by atoms with van der Waals surface area (Å²) in [5.74, 6) is -0.927. The average molecular weight is 152 g/mol. The molecule has 9 heavy (non-hydrogen) atoms. The Kier molecular flexibility index (Phi) is 3.36. The third-order valence-corrected chi connectivity index (χ3v) is 1.56.